The predicted octanol–water partition coefficient (Wildman–Crippen LogP) is 2.16. The lowest BCUT2D eigenvalue weighted by atomic mass is 9.94. The lowest BCUT2D eigenvalue weighted by Crippen LogP contribution is -2.35. The van der Waals surface area contributed by atoms with Gasteiger partial charge in [0, 0.05) is 19.3 Å². The molecule has 0 aromatic carbocycles. The van der Waals surface area contributed by atoms with Gasteiger partial charge < -0.3 is 9.57 Å². The standard InChI is InChI=1S/C10H15F2NO4/c1-2-8(14)17-13-9(15)16-7-3-5-10(11,12)6-4-7/h7H,2-6H2,1H3,(H,13,15). The van der Waals surface area contributed by atoms with E-state index >= 15 is 0 Å². The van der Waals surface area contributed by atoms with Gasteiger partial charge in [-0.3, -0.25) is 0 Å². The Morgan fingerprint density at radius 3 is 2.47 bits per heavy atom. The van der Waals surface area contributed by atoms with E-state index in [4.69, 9.17) is 4.74 Å². The Kier molecular flexibility index (Phi) is 4.65. The van der Waals surface area contributed by atoms with Gasteiger partial charge in [0.1, 0.15) is 6.10 Å². The summed E-state index contributed by atoms with van der Waals surface area (Å²) in [7, 11) is 0. The maximum Gasteiger partial charge on any atom is 0.440 e. The second kappa shape index (κ2) is 5.79. The van der Waals surface area contributed by atoms with Gasteiger partial charge in [-0.15, -0.1) is 5.48 Å². The summed E-state index contributed by atoms with van der Waals surface area (Å²) in [5, 5.41) is 0. The first kappa shape index (κ1) is 13.7. The number of alkyl halides is 2. The number of ether oxygens (including phenoxy) is 1. The highest BCUT2D eigenvalue weighted by Crippen LogP contribution is 2.34. The van der Waals surface area contributed by atoms with Crippen LogP contribution in [0, 0.1) is 0 Å². The van der Waals surface area contributed by atoms with Gasteiger partial charge in [0.05, 0.1) is 0 Å². The highest BCUT2D eigenvalue weighted by atomic mass is 19.3. The van der Waals surface area contributed by atoms with Gasteiger partial charge in [0.25, 0.3) is 0 Å². The van der Waals surface area contributed by atoms with Crippen LogP contribution in [-0.2, 0) is 14.4 Å². The third-order valence-electron chi connectivity index (χ3n) is 2.47. The van der Waals surface area contributed by atoms with Crippen molar-refractivity contribution in [2.75, 3.05) is 0 Å². The molecule has 1 aliphatic rings. The van der Waals surface area contributed by atoms with Crippen molar-refractivity contribution in [2.45, 2.75) is 51.1 Å². The molecule has 0 bridgehead atoms. The molecule has 0 unspecified atom stereocenters. The fraction of sp³-hybridized carbons (Fsp3) is 0.800. The van der Waals surface area contributed by atoms with Crippen molar-refractivity contribution in [1.29, 1.82) is 0 Å². The van der Waals surface area contributed by atoms with Crippen molar-refractivity contribution in [3.8, 4) is 0 Å². The average Bonchev–Trinajstić information content (AvgIpc) is 2.29. The molecule has 1 amide bonds. The molecular formula is C10H15F2NO4. The van der Waals surface area contributed by atoms with Gasteiger partial charge in [-0.05, 0) is 12.8 Å². The molecular weight excluding hydrogens is 236 g/mol. The van der Waals surface area contributed by atoms with Gasteiger partial charge in [-0.2, -0.15) is 0 Å². The molecule has 0 atom stereocenters. The minimum atomic E-state index is -2.66. The molecule has 1 aliphatic carbocycles. The summed E-state index contributed by atoms with van der Waals surface area (Å²) in [5.74, 6) is -3.26. The number of amides is 1. The van der Waals surface area contributed by atoms with E-state index in [0.29, 0.717) is 0 Å². The van der Waals surface area contributed by atoms with Crippen molar-refractivity contribution in [3.05, 3.63) is 0 Å². The number of hydroxylamine groups is 1. The van der Waals surface area contributed by atoms with Crippen LogP contribution in [0.25, 0.3) is 0 Å². The third-order valence-corrected chi connectivity index (χ3v) is 2.47. The Hall–Kier alpha value is -1.40. The molecule has 0 aromatic rings. The molecule has 5 nitrogen and oxygen atoms in total. The van der Waals surface area contributed by atoms with E-state index in [2.05, 4.69) is 4.84 Å². The van der Waals surface area contributed by atoms with E-state index in [1.807, 2.05) is 0 Å². The summed E-state index contributed by atoms with van der Waals surface area (Å²) >= 11 is 0. The second-order valence-corrected chi connectivity index (χ2v) is 3.89. The molecule has 98 valence electrons. The largest absolute Gasteiger partial charge is 0.444 e. The van der Waals surface area contributed by atoms with Crippen molar-refractivity contribution in [2.24, 2.45) is 0 Å². The number of carbonyl (C=O) groups is 2. The molecule has 1 N–H and O–H groups in total. The minimum Gasteiger partial charge on any atom is -0.444 e. The van der Waals surface area contributed by atoms with E-state index in [9.17, 15) is 18.4 Å². The zero-order valence-electron chi connectivity index (χ0n) is 9.50. The molecule has 0 spiro atoms. The summed E-state index contributed by atoms with van der Waals surface area (Å²) in [6, 6.07) is 0. The van der Waals surface area contributed by atoms with Crippen LogP contribution in [0.15, 0.2) is 0 Å². The van der Waals surface area contributed by atoms with Gasteiger partial charge in [0.15, 0.2) is 0 Å². The lowest BCUT2D eigenvalue weighted by molar-refractivity contribution is -0.150. The van der Waals surface area contributed by atoms with Crippen LogP contribution >= 0.6 is 0 Å². The van der Waals surface area contributed by atoms with Crippen LogP contribution in [0.2, 0.25) is 0 Å². The first-order valence-electron chi connectivity index (χ1n) is 5.47. The molecule has 0 aromatic heterocycles. The first-order valence-corrected chi connectivity index (χ1v) is 5.47. The van der Waals surface area contributed by atoms with Crippen LogP contribution in [0.3, 0.4) is 0 Å². The zero-order valence-corrected chi connectivity index (χ0v) is 9.50. The van der Waals surface area contributed by atoms with Gasteiger partial charge in [-0.1, -0.05) is 6.92 Å². The Morgan fingerprint density at radius 1 is 1.35 bits per heavy atom. The molecule has 0 saturated heterocycles. The highest BCUT2D eigenvalue weighted by Gasteiger charge is 2.36. The van der Waals surface area contributed by atoms with Gasteiger partial charge >= 0.3 is 12.1 Å². The number of halogens is 2. The molecule has 0 radical (unpaired) electrons. The van der Waals surface area contributed by atoms with Crippen LogP contribution in [0.1, 0.15) is 39.0 Å². The van der Waals surface area contributed by atoms with E-state index < -0.39 is 24.1 Å². The maximum absolute atomic E-state index is 12.8. The van der Waals surface area contributed by atoms with Crippen LogP contribution in [0.4, 0.5) is 13.6 Å². The van der Waals surface area contributed by atoms with Crippen molar-refractivity contribution in [1.82, 2.24) is 5.48 Å². The average molecular weight is 251 g/mol. The van der Waals surface area contributed by atoms with Crippen molar-refractivity contribution >= 4 is 12.1 Å². The molecule has 1 saturated carbocycles. The predicted molar refractivity (Wildman–Crippen MR) is 53.2 cm³/mol. The normalized spacial score (nSPS) is 19.5. The first-order chi connectivity index (χ1) is 7.93. The van der Waals surface area contributed by atoms with Crippen molar-refractivity contribution in [3.63, 3.8) is 0 Å². The van der Waals surface area contributed by atoms with Crippen LogP contribution in [-0.4, -0.2) is 24.1 Å². The Labute approximate surface area is 97.4 Å². The minimum absolute atomic E-state index is 0.113. The quantitative estimate of drug-likeness (QED) is 0.764. The van der Waals surface area contributed by atoms with E-state index in [0.717, 1.165) is 0 Å². The summed E-state index contributed by atoms with van der Waals surface area (Å²) in [5.41, 5.74) is 1.80. The molecule has 7 heteroatoms. The van der Waals surface area contributed by atoms with Gasteiger partial charge in [0.2, 0.25) is 5.92 Å². The smallest absolute Gasteiger partial charge is 0.440 e. The monoisotopic (exact) mass is 251 g/mol. The number of rotatable bonds is 2. The number of hydrogen-bond acceptors (Lipinski definition) is 4. The second-order valence-electron chi connectivity index (χ2n) is 3.89. The lowest BCUT2D eigenvalue weighted by Gasteiger charge is -2.27. The van der Waals surface area contributed by atoms with E-state index in [-0.39, 0.29) is 32.1 Å². The highest BCUT2D eigenvalue weighted by molar-refractivity contribution is 5.72. The summed E-state index contributed by atoms with van der Waals surface area (Å²) < 4.78 is 30.4. The summed E-state index contributed by atoms with van der Waals surface area (Å²) in [6.45, 7) is 1.57. The topological polar surface area (TPSA) is 64.6 Å². The van der Waals surface area contributed by atoms with Gasteiger partial charge in [-0.25, -0.2) is 18.4 Å². The Bertz CT molecular complexity index is 286. The van der Waals surface area contributed by atoms with Crippen LogP contribution in [0.5, 0.6) is 0 Å². The number of hydrogen-bond donors (Lipinski definition) is 1. The molecule has 1 fully saturated rings. The van der Waals surface area contributed by atoms with Crippen molar-refractivity contribution < 1.29 is 27.9 Å². The Morgan fingerprint density at radius 2 is 1.94 bits per heavy atom. The third kappa shape index (κ3) is 4.97. The zero-order chi connectivity index (χ0) is 12.9. The maximum atomic E-state index is 12.8. The number of nitrogens with one attached hydrogen (secondary N) is 1. The fourth-order valence-corrected chi connectivity index (χ4v) is 1.48. The SMILES string of the molecule is CCC(=O)ONC(=O)OC1CCC(F)(F)CC1. The molecule has 0 aliphatic heterocycles. The Balaban J connectivity index is 2.21. The molecule has 17 heavy (non-hydrogen) atoms. The van der Waals surface area contributed by atoms with E-state index in [1.54, 1.807) is 12.4 Å². The molecule has 1 rings (SSSR count). The van der Waals surface area contributed by atoms with E-state index in [1.165, 1.54) is 0 Å². The number of carbonyl (C=O) groups excluding carboxylic acids is 2. The molecule has 0 heterocycles. The van der Waals surface area contributed by atoms with Crippen LogP contribution < -0.4 is 5.48 Å². The fourth-order valence-electron chi connectivity index (χ4n) is 1.48. The summed E-state index contributed by atoms with van der Waals surface area (Å²) in [6.07, 6.45) is -1.71. The summed E-state index contributed by atoms with van der Waals surface area (Å²) in [4.78, 5) is 26.1.